The van der Waals surface area contributed by atoms with E-state index >= 15 is 0 Å². The minimum Gasteiger partial charge on any atom is -0.406 e. The first-order valence-electron chi connectivity index (χ1n) is 6.06. The van der Waals surface area contributed by atoms with Crippen LogP contribution in [0.3, 0.4) is 0 Å². The molecule has 2 aromatic rings. The predicted octanol–water partition coefficient (Wildman–Crippen LogP) is 3.17. The van der Waals surface area contributed by atoms with Gasteiger partial charge < -0.3 is 8.92 Å². The zero-order valence-electron chi connectivity index (χ0n) is 11.3. The second kappa shape index (κ2) is 6.29. The Hall–Kier alpha value is -2.55. The summed E-state index contributed by atoms with van der Waals surface area (Å²) in [5, 5.41) is 0. The molecule has 0 heterocycles. The average Bonchev–Trinajstić information content (AvgIpc) is 2.45. The fourth-order valence-corrected chi connectivity index (χ4v) is 2.78. The van der Waals surface area contributed by atoms with Crippen molar-refractivity contribution in [2.24, 2.45) is 0 Å². The maximum absolute atomic E-state index is 12.1. The Morgan fingerprint density at radius 3 is 2.17 bits per heavy atom. The highest BCUT2D eigenvalue weighted by Crippen LogP contribution is 2.27. The van der Waals surface area contributed by atoms with Gasteiger partial charge in [0.2, 0.25) is 0 Å². The Labute approximate surface area is 129 Å². The number of carbonyl (C=O) groups is 1. The number of hydrogen-bond donors (Lipinski definition) is 0. The number of rotatable bonds is 5. The Kier molecular flexibility index (Phi) is 4.60. The maximum Gasteiger partial charge on any atom is 0.573 e. The predicted molar refractivity (Wildman–Crippen MR) is 72.8 cm³/mol. The van der Waals surface area contributed by atoms with Crippen LogP contribution in [-0.4, -0.2) is 21.1 Å². The zero-order chi connectivity index (χ0) is 17.1. The molecule has 5 nitrogen and oxygen atoms in total. The molecule has 2 aromatic carbocycles. The Bertz CT molecular complexity index is 801. The number of hydrogen-bond acceptors (Lipinski definition) is 5. The van der Waals surface area contributed by atoms with Crippen molar-refractivity contribution in [3.8, 4) is 11.5 Å². The van der Waals surface area contributed by atoms with Crippen LogP contribution in [0.5, 0.6) is 11.5 Å². The summed E-state index contributed by atoms with van der Waals surface area (Å²) in [5.74, 6) is -0.710. The number of benzene rings is 2. The summed E-state index contributed by atoms with van der Waals surface area (Å²) in [4.78, 5) is 10.4. The van der Waals surface area contributed by atoms with Crippen molar-refractivity contribution in [1.29, 1.82) is 0 Å². The zero-order valence-corrected chi connectivity index (χ0v) is 12.1. The van der Waals surface area contributed by atoms with E-state index < -0.39 is 32.7 Å². The standard InChI is InChI=1S/C14H9F3O5S/c15-14(16,17)21-12-6-7-13(10(8-12)9-18)23(19,20)22-11-4-2-1-3-5-11/h1-9H. The van der Waals surface area contributed by atoms with Gasteiger partial charge in [0, 0.05) is 5.56 Å². The van der Waals surface area contributed by atoms with E-state index in [9.17, 15) is 26.4 Å². The highest BCUT2D eigenvalue weighted by Gasteiger charge is 2.32. The molecule has 0 bridgehead atoms. The van der Waals surface area contributed by atoms with Gasteiger partial charge in [-0.2, -0.15) is 8.42 Å². The summed E-state index contributed by atoms with van der Waals surface area (Å²) in [7, 11) is -4.38. The molecule has 0 spiro atoms. The van der Waals surface area contributed by atoms with Crippen molar-refractivity contribution >= 4 is 16.4 Å². The number of halogens is 3. The number of aldehydes is 1. The number of ether oxygens (including phenoxy) is 1. The highest BCUT2D eigenvalue weighted by atomic mass is 32.2. The molecule has 0 aliphatic carbocycles. The first-order chi connectivity index (χ1) is 10.7. The molecule has 0 radical (unpaired) electrons. The molecule has 0 fully saturated rings. The molecule has 0 saturated carbocycles. The molecule has 0 amide bonds. The van der Waals surface area contributed by atoms with Crippen LogP contribution in [0.2, 0.25) is 0 Å². The summed E-state index contributed by atoms with van der Waals surface area (Å²) in [6.45, 7) is 0. The van der Waals surface area contributed by atoms with Gasteiger partial charge in [0.25, 0.3) is 0 Å². The molecular formula is C14H9F3O5S. The maximum atomic E-state index is 12.1. The number of para-hydroxylation sites is 1. The first kappa shape index (κ1) is 16.8. The lowest BCUT2D eigenvalue weighted by Gasteiger charge is -2.12. The van der Waals surface area contributed by atoms with Gasteiger partial charge in [-0.25, -0.2) is 0 Å². The van der Waals surface area contributed by atoms with Gasteiger partial charge in [-0.05, 0) is 30.3 Å². The Morgan fingerprint density at radius 1 is 0.957 bits per heavy atom. The molecule has 0 atom stereocenters. The molecule has 0 aromatic heterocycles. The molecule has 0 N–H and O–H groups in total. The molecule has 0 aliphatic heterocycles. The van der Waals surface area contributed by atoms with Gasteiger partial charge in [-0.1, -0.05) is 18.2 Å². The van der Waals surface area contributed by atoms with E-state index in [2.05, 4.69) is 4.74 Å². The van der Waals surface area contributed by atoms with Crippen LogP contribution in [-0.2, 0) is 10.1 Å². The van der Waals surface area contributed by atoms with Crippen molar-refractivity contribution in [3.05, 3.63) is 54.1 Å². The van der Waals surface area contributed by atoms with E-state index in [4.69, 9.17) is 4.18 Å². The van der Waals surface area contributed by atoms with E-state index in [1.165, 1.54) is 24.3 Å². The monoisotopic (exact) mass is 346 g/mol. The third-order valence-electron chi connectivity index (χ3n) is 2.56. The fraction of sp³-hybridized carbons (Fsp3) is 0.0714. The van der Waals surface area contributed by atoms with E-state index in [-0.39, 0.29) is 12.0 Å². The normalized spacial score (nSPS) is 11.8. The van der Waals surface area contributed by atoms with Crippen LogP contribution in [0.1, 0.15) is 10.4 Å². The average molecular weight is 346 g/mol. The molecule has 0 aliphatic rings. The quantitative estimate of drug-likeness (QED) is 0.614. The third-order valence-corrected chi connectivity index (χ3v) is 3.88. The molecule has 9 heteroatoms. The van der Waals surface area contributed by atoms with Gasteiger partial charge >= 0.3 is 16.5 Å². The van der Waals surface area contributed by atoms with Crippen molar-refractivity contribution < 1.29 is 35.3 Å². The van der Waals surface area contributed by atoms with E-state index in [1.54, 1.807) is 6.07 Å². The molecule has 0 unspecified atom stereocenters. The van der Waals surface area contributed by atoms with Crippen LogP contribution in [0.25, 0.3) is 0 Å². The van der Waals surface area contributed by atoms with E-state index in [1.807, 2.05) is 0 Å². The van der Waals surface area contributed by atoms with Crippen LogP contribution in [0, 0.1) is 0 Å². The second-order valence-electron chi connectivity index (χ2n) is 4.22. The minimum absolute atomic E-state index is 0.0000305. The third kappa shape index (κ3) is 4.46. The summed E-state index contributed by atoms with van der Waals surface area (Å²) in [5.41, 5.74) is -0.511. The number of alkyl halides is 3. The molecule has 2 rings (SSSR count). The summed E-state index contributed by atoms with van der Waals surface area (Å²) in [6, 6.07) is 9.71. The van der Waals surface area contributed by atoms with Crippen molar-refractivity contribution in [2.45, 2.75) is 11.3 Å². The Morgan fingerprint density at radius 2 is 1.61 bits per heavy atom. The highest BCUT2D eigenvalue weighted by molar-refractivity contribution is 7.87. The molecule has 23 heavy (non-hydrogen) atoms. The van der Waals surface area contributed by atoms with Crippen molar-refractivity contribution in [1.82, 2.24) is 0 Å². The van der Waals surface area contributed by atoms with Crippen molar-refractivity contribution in [2.75, 3.05) is 0 Å². The smallest absolute Gasteiger partial charge is 0.406 e. The van der Waals surface area contributed by atoms with Crippen LogP contribution in [0.4, 0.5) is 13.2 Å². The SMILES string of the molecule is O=Cc1cc(OC(F)(F)F)ccc1S(=O)(=O)Oc1ccccc1. The largest absolute Gasteiger partial charge is 0.573 e. The van der Waals surface area contributed by atoms with E-state index in [0.717, 1.165) is 12.1 Å². The fourth-order valence-electron chi connectivity index (χ4n) is 1.69. The van der Waals surface area contributed by atoms with Crippen LogP contribution >= 0.6 is 0 Å². The molecule has 122 valence electrons. The van der Waals surface area contributed by atoms with Crippen molar-refractivity contribution in [3.63, 3.8) is 0 Å². The minimum atomic E-state index is -4.96. The lowest BCUT2D eigenvalue weighted by atomic mass is 10.2. The van der Waals surface area contributed by atoms with Gasteiger partial charge in [-0.15, -0.1) is 13.2 Å². The van der Waals surface area contributed by atoms with Gasteiger partial charge in [0.15, 0.2) is 6.29 Å². The van der Waals surface area contributed by atoms with Gasteiger partial charge in [0.1, 0.15) is 16.4 Å². The Balaban J connectivity index is 2.36. The van der Waals surface area contributed by atoms with Gasteiger partial charge in [-0.3, -0.25) is 4.79 Å². The molecule has 0 saturated heterocycles. The van der Waals surface area contributed by atoms with E-state index in [0.29, 0.717) is 6.07 Å². The number of carbonyl (C=O) groups excluding carboxylic acids is 1. The van der Waals surface area contributed by atoms with Gasteiger partial charge in [0.05, 0.1) is 0 Å². The summed E-state index contributed by atoms with van der Waals surface area (Å²) >= 11 is 0. The summed E-state index contributed by atoms with van der Waals surface area (Å²) < 4.78 is 69.2. The summed E-state index contributed by atoms with van der Waals surface area (Å²) in [6.07, 6.45) is -4.86. The first-order valence-corrected chi connectivity index (χ1v) is 7.46. The molecular weight excluding hydrogens is 337 g/mol. The topological polar surface area (TPSA) is 69.7 Å². The van der Waals surface area contributed by atoms with Crippen LogP contribution < -0.4 is 8.92 Å². The second-order valence-corrected chi connectivity index (χ2v) is 5.73. The lowest BCUT2D eigenvalue weighted by Crippen LogP contribution is -2.18. The lowest BCUT2D eigenvalue weighted by molar-refractivity contribution is -0.274. The van der Waals surface area contributed by atoms with Crippen LogP contribution in [0.15, 0.2) is 53.4 Å².